The molecule has 0 amide bonds. The van der Waals surface area contributed by atoms with Gasteiger partial charge in [0.05, 0.1) is 5.60 Å². The average molecular weight is 245 g/mol. The number of piperidine rings is 1. The number of rotatable bonds is 4. The number of aliphatic hydroxyl groups is 1. The molecule has 1 atom stereocenters. The standard InChI is InChI=1S/C16H23NO/c18-16(8-9-16)12-14-6-4-13(5-7-14)11-15-3-1-2-10-17-15/h4-7,15,17-18H,1-3,8-12H2. The van der Waals surface area contributed by atoms with Crippen LogP contribution in [-0.2, 0) is 12.8 Å². The van der Waals surface area contributed by atoms with Gasteiger partial charge in [-0.3, -0.25) is 0 Å². The molecule has 1 heterocycles. The highest BCUT2D eigenvalue weighted by Gasteiger charge is 2.39. The van der Waals surface area contributed by atoms with Gasteiger partial charge in [0.15, 0.2) is 0 Å². The molecule has 0 spiro atoms. The van der Waals surface area contributed by atoms with Gasteiger partial charge in [0, 0.05) is 12.5 Å². The predicted octanol–water partition coefficient (Wildman–Crippen LogP) is 2.44. The fourth-order valence-corrected chi connectivity index (χ4v) is 2.88. The van der Waals surface area contributed by atoms with Crippen molar-refractivity contribution in [3.05, 3.63) is 35.4 Å². The lowest BCUT2D eigenvalue weighted by atomic mass is 9.96. The monoisotopic (exact) mass is 245 g/mol. The molecule has 0 bridgehead atoms. The van der Waals surface area contributed by atoms with Gasteiger partial charge in [0.25, 0.3) is 0 Å². The maximum Gasteiger partial charge on any atom is 0.0690 e. The third-order valence-corrected chi connectivity index (χ3v) is 4.28. The van der Waals surface area contributed by atoms with Gasteiger partial charge in [-0.1, -0.05) is 30.7 Å². The Balaban J connectivity index is 1.56. The zero-order valence-electron chi connectivity index (χ0n) is 11.0. The molecular weight excluding hydrogens is 222 g/mol. The van der Waals surface area contributed by atoms with E-state index in [0.29, 0.717) is 6.04 Å². The molecule has 1 unspecified atom stereocenters. The number of nitrogens with one attached hydrogen (secondary N) is 1. The second-order valence-electron chi connectivity index (χ2n) is 6.07. The predicted molar refractivity (Wildman–Crippen MR) is 73.7 cm³/mol. The molecule has 2 heteroatoms. The Kier molecular flexibility index (Phi) is 3.40. The van der Waals surface area contributed by atoms with Crippen molar-refractivity contribution in [3.63, 3.8) is 0 Å². The summed E-state index contributed by atoms with van der Waals surface area (Å²) in [6.45, 7) is 1.18. The quantitative estimate of drug-likeness (QED) is 0.854. The van der Waals surface area contributed by atoms with Crippen LogP contribution in [0, 0.1) is 0 Å². The Hall–Kier alpha value is -0.860. The molecule has 1 aromatic carbocycles. The molecule has 2 aliphatic rings. The Morgan fingerprint density at radius 3 is 2.44 bits per heavy atom. The Labute approximate surface area is 109 Å². The maximum absolute atomic E-state index is 9.90. The van der Waals surface area contributed by atoms with Gasteiger partial charge in [0.1, 0.15) is 0 Å². The molecule has 3 rings (SSSR count). The Morgan fingerprint density at radius 2 is 1.83 bits per heavy atom. The zero-order chi connectivity index (χ0) is 12.4. The largest absolute Gasteiger partial charge is 0.390 e. The summed E-state index contributed by atoms with van der Waals surface area (Å²) in [4.78, 5) is 0. The Bertz CT molecular complexity index is 388. The molecule has 1 saturated heterocycles. The molecule has 0 radical (unpaired) electrons. The first-order chi connectivity index (χ1) is 8.73. The van der Waals surface area contributed by atoms with Gasteiger partial charge >= 0.3 is 0 Å². The van der Waals surface area contributed by atoms with Crippen molar-refractivity contribution in [2.45, 2.75) is 56.6 Å². The molecular formula is C16H23NO. The highest BCUT2D eigenvalue weighted by Crippen LogP contribution is 2.38. The van der Waals surface area contributed by atoms with Crippen LogP contribution < -0.4 is 5.32 Å². The van der Waals surface area contributed by atoms with Crippen molar-refractivity contribution < 1.29 is 5.11 Å². The van der Waals surface area contributed by atoms with E-state index in [1.807, 2.05) is 0 Å². The third-order valence-electron chi connectivity index (χ3n) is 4.28. The SMILES string of the molecule is OC1(Cc2ccc(CC3CCCCN3)cc2)CC1. The molecule has 1 aliphatic heterocycles. The van der Waals surface area contributed by atoms with Gasteiger partial charge in [-0.15, -0.1) is 0 Å². The second kappa shape index (κ2) is 5.02. The van der Waals surface area contributed by atoms with Crippen molar-refractivity contribution in [2.75, 3.05) is 6.54 Å². The summed E-state index contributed by atoms with van der Waals surface area (Å²) in [5.74, 6) is 0. The van der Waals surface area contributed by atoms with Crippen LogP contribution in [0.4, 0.5) is 0 Å². The smallest absolute Gasteiger partial charge is 0.0690 e. The first-order valence-electron chi connectivity index (χ1n) is 7.27. The normalized spacial score (nSPS) is 25.9. The Morgan fingerprint density at radius 1 is 1.11 bits per heavy atom. The highest BCUT2D eigenvalue weighted by molar-refractivity contribution is 5.25. The minimum atomic E-state index is -0.369. The van der Waals surface area contributed by atoms with Crippen LogP contribution in [0.1, 0.15) is 43.2 Å². The van der Waals surface area contributed by atoms with E-state index in [4.69, 9.17) is 0 Å². The summed E-state index contributed by atoms with van der Waals surface area (Å²) >= 11 is 0. The number of hydrogen-bond donors (Lipinski definition) is 2. The molecule has 1 aromatic rings. The van der Waals surface area contributed by atoms with Crippen LogP contribution in [0.25, 0.3) is 0 Å². The second-order valence-corrected chi connectivity index (χ2v) is 6.07. The summed E-state index contributed by atoms with van der Waals surface area (Å²) in [7, 11) is 0. The van der Waals surface area contributed by atoms with E-state index >= 15 is 0 Å². The fraction of sp³-hybridized carbons (Fsp3) is 0.625. The van der Waals surface area contributed by atoms with E-state index in [1.165, 1.54) is 36.9 Å². The van der Waals surface area contributed by atoms with Crippen molar-refractivity contribution >= 4 is 0 Å². The van der Waals surface area contributed by atoms with Crippen molar-refractivity contribution in [3.8, 4) is 0 Å². The lowest BCUT2D eigenvalue weighted by molar-refractivity contribution is 0.151. The van der Waals surface area contributed by atoms with Gasteiger partial charge < -0.3 is 10.4 Å². The van der Waals surface area contributed by atoms with E-state index in [0.717, 1.165) is 25.7 Å². The molecule has 1 saturated carbocycles. The van der Waals surface area contributed by atoms with Crippen molar-refractivity contribution in [2.24, 2.45) is 0 Å². The van der Waals surface area contributed by atoms with Crippen LogP contribution in [0.2, 0.25) is 0 Å². The molecule has 2 fully saturated rings. The first-order valence-corrected chi connectivity index (χ1v) is 7.27. The van der Waals surface area contributed by atoms with Gasteiger partial charge in [0.2, 0.25) is 0 Å². The van der Waals surface area contributed by atoms with Crippen LogP contribution in [-0.4, -0.2) is 23.3 Å². The molecule has 98 valence electrons. The van der Waals surface area contributed by atoms with E-state index in [2.05, 4.69) is 29.6 Å². The summed E-state index contributed by atoms with van der Waals surface area (Å²) < 4.78 is 0. The van der Waals surface area contributed by atoms with E-state index in [9.17, 15) is 5.11 Å². The number of benzene rings is 1. The molecule has 2 N–H and O–H groups in total. The lowest BCUT2D eigenvalue weighted by Crippen LogP contribution is -2.35. The molecule has 18 heavy (non-hydrogen) atoms. The van der Waals surface area contributed by atoms with E-state index < -0.39 is 0 Å². The summed E-state index contributed by atoms with van der Waals surface area (Å²) in [5.41, 5.74) is 2.32. The van der Waals surface area contributed by atoms with Crippen molar-refractivity contribution in [1.82, 2.24) is 5.32 Å². The minimum Gasteiger partial charge on any atom is -0.390 e. The van der Waals surface area contributed by atoms with Gasteiger partial charge in [-0.05, 0) is 49.8 Å². The lowest BCUT2D eigenvalue weighted by Gasteiger charge is -2.23. The van der Waals surface area contributed by atoms with Crippen molar-refractivity contribution in [1.29, 1.82) is 0 Å². The third kappa shape index (κ3) is 3.12. The summed E-state index contributed by atoms with van der Waals surface area (Å²) in [6, 6.07) is 9.51. The molecule has 2 nitrogen and oxygen atoms in total. The van der Waals surface area contributed by atoms with Crippen LogP contribution in [0.3, 0.4) is 0 Å². The van der Waals surface area contributed by atoms with Crippen LogP contribution in [0.15, 0.2) is 24.3 Å². The van der Waals surface area contributed by atoms with Crippen LogP contribution >= 0.6 is 0 Å². The fourth-order valence-electron chi connectivity index (χ4n) is 2.88. The maximum atomic E-state index is 9.90. The molecule has 0 aromatic heterocycles. The number of hydrogen-bond acceptors (Lipinski definition) is 2. The summed E-state index contributed by atoms with van der Waals surface area (Å²) in [6.07, 6.45) is 7.92. The van der Waals surface area contributed by atoms with Crippen LogP contribution in [0.5, 0.6) is 0 Å². The summed E-state index contributed by atoms with van der Waals surface area (Å²) in [5, 5.41) is 13.5. The minimum absolute atomic E-state index is 0.369. The zero-order valence-corrected chi connectivity index (χ0v) is 11.0. The average Bonchev–Trinajstić information content (AvgIpc) is 3.11. The molecule has 1 aliphatic carbocycles. The van der Waals surface area contributed by atoms with Gasteiger partial charge in [-0.2, -0.15) is 0 Å². The van der Waals surface area contributed by atoms with E-state index in [-0.39, 0.29) is 5.60 Å². The topological polar surface area (TPSA) is 32.3 Å². The highest BCUT2D eigenvalue weighted by atomic mass is 16.3. The van der Waals surface area contributed by atoms with E-state index in [1.54, 1.807) is 0 Å². The van der Waals surface area contributed by atoms with Gasteiger partial charge in [-0.25, -0.2) is 0 Å². The first kappa shape index (κ1) is 12.2.